The van der Waals surface area contributed by atoms with E-state index in [0.717, 1.165) is 43.7 Å². The Morgan fingerprint density at radius 1 is 1.21 bits per heavy atom. The molecule has 2 aliphatic carbocycles. The Hall–Kier alpha value is -1.62. The second kappa shape index (κ2) is 7.09. The number of anilines is 1. The second-order valence-electron chi connectivity index (χ2n) is 7.75. The Labute approximate surface area is 144 Å². The topological polar surface area (TPSA) is 57.3 Å². The van der Waals surface area contributed by atoms with Gasteiger partial charge in [0.25, 0.3) is 0 Å². The third-order valence-corrected chi connectivity index (χ3v) is 5.56. The van der Waals surface area contributed by atoms with Crippen LogP contribution in [0.5, 0.6) is 0 Å². The van der Waals surface area contributed by atoms with Crippen molar-refractivity contribution in [1.82, 2.24) is 15.2 Å². The maximum Gasteiger partial charge on any atom is 0.234 e. The molecule has 2 heterocycles. The van der Waals surface area contributed by atoms with E-state index in [0.29, 0.717) is 18.5 Å². The van der Waals surface area contributed by atoms with Gasteiger partial charge in [0.15, 0.2) is 0 Å². The maximum atomic E-state index is 12.4. The predicted octanol–water partition coefficient (Wildman–Crippen LogP) is 2.12. The lowest BCUT2D eigenvalue weighted by molar-refractivity contribution is -0.123. The maximum absolute atomic E-state index is 12.4. The fourth-order valence-corrected chi connectivity index (χ4v) is 3.91. The fourth-order valence-electron chi connectivity index (χ4n) is 3.91. The summed E-state index contributed by atoms with van der Waals surface area (Å²) in [5.41, 5.74) is 0. The van der Waals surface area contributed by atoms with Crippen molar-refractivity contribution in [3.05, 3.63) is 24.4 Å². The number of nitrogens with one attached hydrogen (secondary N) is 2. The Morgan fingerprint density at radius 3 is 2.67 bits per heavy atom. The number of nitrogens with zero attached hydrogens (tertiary/aromatic N) is 2. The summed E-state index contributed by atoms with van der Waals surface area (Å²) in [6, 6.07) is 6.39. The Balaban J connectivity index is 1.18. The standard InChI is InChI=1S/C19H28N4O/c24-18(22-19(15-4-5-15)16-6-7-16)13-23-10-8-14(12-23)11-21-17-3-1-2-9-20-17/h1-3,9,14-16,19H,4-8,10-13H2,(H,20,21)(H,22,24)/t14-/m1/s1. The van der Waals surface area contributed by atoms with E-state index in [1.54, 1.807) is 0 Å². The molecule has 0 spiro atoms. The highest BCUT2D eigenvalue weighted by Crippen LogP contribution is 2.44. The van der Waals surface area contributed by atoms with Crippen molar-refractivity contribution in [2.45, 2.75) is 38.1 Å². The van der Waals surface area contributed by atoms with Crippen LogP contribution in [-0.2, 0) is 4.79 Å². The van der Waals surface area contributed by atoms with Crippen molar-refractivity contribution in [2.75, 3.05) is 31.5 Å². The van der Waals surface area contributed by atoms with Crippen LogP contribution in [0, 0.1) is 17.8 Å². The van der Waals surface area contributed by atoms with E-state index in [2.05, 4.69) is 20.5 Å². The lowest BCUT2D eigenvalue weighted by atomic mass is 10.1. The summed E-state index contributed by atoms with van der Waals surface area (Å²) in [4.78, 5) is 19.0. The molecular weight excluding hydrogens is 300 g/mol. The van der Waals surface area contributed by atoms with Gasteiger partial charge in [-0.3, -0.25) is 9.69 Å². The van der Waals surface area contributed by atoms with E-state index in [1.165, 1.54) is 25.7 Å². The molecule has 3 fully saturated rings. The number of rotatable bonds is 8. The minimum absolute atomic E-state index is 0.233. The van der Waals surface area contributed by atoms with Crippen LogP contribution in [0.1, 0.15) is 32.1 Å². The van der Waals surface area contributed by atoms with Crippen LogP contribution < -0.4 is 10.6 Å². The summed E-state index contributed by atoms with van der Waals surface area (Å²) in [5, 5.41) is 6.73. The number of amides is 1. The number of hydrogen-bond acceptors (Lipinski definition) is 4. The predicted molar refractivity (Wildman–Crippen MR) is 94.7 cm³/mol. The first kappa shape index (κ1) is 15.9. The highest BCUT2D eigenvalue weighted by atomic mass is 16.2. The van der Waals surface area contributed by atoms with Crippen LogP contribution in [-0.4, -0.2) is 48.0 Å². The van der Waals surface area contributed by atoms with Crippen LogP contribution in [0.3, 0.4) is 0 Å². The molecule has 1 saturated heterocycles. The molecule has 4 rings (SSSR count). The molecule has 0 radical (unpaired) electrons. The molecule has 1 amide bonds. The Kier molecular flexibility index (Phi) is 4.69. The third-order valence-electron chi connectivity index (χ3n) is 5.56. The van der Waals surface area contributed by atoms with Crippen molar-refractivity contribution in [3.63, 3.8) is 0 Å². The number of pyridine rings is 1. The highest BCUT2D eigenvalue weighted by molar-refractivity contribution is 5.78. The molecule has 2 saturated carbocycles. The van der Waals surface area contributed by atoms with Crippen molar-refractivity contribution in [3.8, 4) is 0 Å². The van der Waals surface area contributed by atoms with Gasteiger partial charge in [0, 0.05) is 25.3 Å². The molecule has 3 aliphatic rings. The normalized spacial score (nSPS) is 24.3. The molecule has 1 aromatic rings. The monoisotopic (exact) mass is 328 g/mol. The molecule has 1 aliphatic heterocycles. The van der Waals surface area contributed by atoms with E-state index < -0.39 is 0 Å². The Bertz CT molecular complexity index is 544. The van der Waals surface area contributed by atoms with Gasteiger partial charge in [-0.15, -0.1) is 0 Å². The number of aromatic nitrogens is 1. The molecule has 5 heteroatoms. The fraction of sp³-hybridized carbons (Fsp3) is 0.684. The molecule has 130 valence electrons. The summed E-state index contributed by atoms with van der Waals surface area (Å²) in [6.45, 7) is 3.53. The quantitative estimate of drug-likeness (QED) is 0.767. The van der Waals surface area contributed by atoms with Crippen molar-refractivity contribution in [2.24, 2.45) is 17.8 Å². The van der Waals surface area contributed by atoms with Gasteiger partial charge in [0.2, 0.25) is 5.91 Å². The minimum Gasteiger partial charge on any atom is -0.370 e. The summed E-state index contributed by atoms with van der Waals surface area (Å²) < 4.78 is 0. The van der Waals surface area contributed by atoms with E-state index in [-0.39, 0.29) is 5.91 Å². The zero-order valence-electron chi connectivity index (χ0n) is 14.3. The van der Waals surface area contributed by atoms with Crippen LogP contribution in [0.25, 0.3) is 0 Å². The van der Waals surface area contributed by atoms with Crippen molar-refractivity contribution < 1.29 is 4.79 Å². The molecule has 0 aromatic carbocycles. The molecule has 2 N–H and O–H groups in total. The lowest BCUT2D eigenvalue weighted by Gasteiger charge is -2.21. The third kappa shape index (κ3) is 4.26. The van der Waals surface area contributed by atoms with Gasteiger partial charge < -0.3 is 10.6 Å². The van der Waals surface area contributed by atoms with Crippen LogP contribution in [0.2, 0.25) is 0 Å². The van der Waals surface area contributed by atoms with Gasteiger partial charge >= 0.3 is 0 Å². The first-order chi connectivity index (χ1) is 11.8. The van der Waals surface area contributed by atoms with Crippen LogP contribution in [0.15, 0.2) is 24.4 Å². The average Bonchev–Trinajstić information content (AvgIpc) is 3.51. The van der Waals surface area contributed by atoms with E-state index in [1.807, 2.05) is 24.4 Å². The van der Waals surface area contributed by atoms with E-state index in [4.69, 9.17) is 0 Å². The summed E-state index contributed by atoms with van der Waals surface area (Å²) >= 11 is 0. The number of carbonyl (C=O) groups is 1. The minimum atomic E-state index is 0.233. The van der Waals surface area contributed by atoms with Gasteiger partial charge in [-0.1, -0.05) is 6.07 Å². The summed E-state index contributed by atoms with van der Waals surface area (Å²) in [6.07, 6.45) is 8.21. The number of likely N-dealkylation sites (tertiary alicyclic amines) is 1. The van der Waals surface area contributed by atoms with Gasteiger partial charge in [-0.05, 0) is 68.5 Å². The Morgan fingerprint density at radius 2 is 2.00 bits per heavy atom. The zero-order chi connectivity index (χ0) is 16.4. The van der Waals surface area contributed by atoms with E-state index in [9.17, 15) is 4.79 Å². The molecule has 0 unspecified atom stereocenters. The van der Waals surface area contributed by atoms with E-state index >= 15 is 0 Å². The summed E-state index contributed by atoms with van der Waals surface area (Å²) in [5.74, 6) is 3.32. The van der Waals surface area contributed by atoms with Gasteiger partial charge in [-0.2, -0.15) is 0 Å². The van der Waals surface area contributed by atoms with Crippen LogP contribution >= 0.6 is 0 Å². The largest absolute Gasteiger partial charge is 0.370 e. The molecule has 5 nitrogen and oxygen atoms in total. The van der Waals surface area contributed by atoms with Crippen molar-refractivity contribution >= 4 is 11.7 Å². The molecule has 24 heavy (non-hydrogen) atoms. The van der Waals surface area contributed by atoms with Gasteiger partial charge in [-0.25, -0.2) is 4.98 Å². The molecule has 1 atom stereocenters. The van der Waals surface area contributed by atoms with Gasteiger partial charge in [0.1, 0.15) is 5.82 Å². The molecular formula is C19H28N4O. The first-order valence-electron chi connectivity index (χ1n) is 9.44. The summed E-state index contributed by atoms with van der Waals surface area (Å²) in [7, 11) is 0. The SMILES string of the molecule is O=C(CN1CC[C@H](CNc2ccccn2)C1)NC(C1CC1)C1CC1. The molecule has 0 bridgehead atoms. The number of carbonyl (C=O) groups excluding carboxylic acids is 1. The number of hydrogen-bond donors (Lipinski definition) is 2. The lowest BCUT2D eigenvalue weighted by Crippen LogP contribution is -2.43. The smallest absolute Gasteiger partial charge is 0.234 e. The first-order valence-corrected chi connectivity index (χ1v) is 9.44. The van der Waals surface area contributed by atoms with Crippen molar-refractivity contribution in [1.29, 1.82) is 0 Å². The second-order valence-corrected chi connectivity index (χ2v) is 7.75. The zero-order valence-corrected chi connectivity index (χ0v) is 14.3. The average molecular weight is 328 g/mol. The highest BCUT2D eigenvalue weighted by Gasteiger charge is 2.42. The van der Waals surface area contributed by atoms with Gasteiger partial charge in [0.05, 0.1) is 6.54 Å². The van der Waals surface area contributed by atoms with Crippen LogP contribution in [0.4, 0.5) is 5.82 Å². The molecule has 1 aromatic heterocycles.